The molecular weight excluding hydrogens is 429 g/mol. The van der Waals surface area contributed by atoms with E-state index in [2.05, 4.69) is 12.2 Å². The van der Waals surface area contributed by atoms with E-state index in [-0.39, 0.29) is 37.1 Å². The van der Waals surface area contributed by atoms with Gasteiger partial charge in [0, 0.05) is 36.5 Å². The summed E-state index contributed by atoms with van der Waals surface area (Å²) in [5.74, 6) is 0.566. The minimum atomic E-state index is -4.38. The Morgan fingerprint density at radius 2 is 2.06 bits per heavy atom. The molecule has 1 spiro atoms. The van der Waals surface area contributed by atoms with E-state index in [0.29, 0.717) is 30.8 Å². The fourth-order valence-corrected chi connectivity index (χ4v) is 5.88. The molecule has 3 unspecified atom stereocenters. The molecule has 1 saturated heterocycles. The Hall–Kier alpha value is -1.31. The molecule has 3 aliphatic rings. The summed E-state index contributed by atoms with van der Waals surface area (Å²) in [6.45, 7) is 4.87. The molecule has 2 heterocycles. The average Bonchev–Trinajstić information content (AvgIpc) is 3.27. The molecular formula is C23H30ClF3N2O2. The lowest BCUT2D eigenvalue weighted by Crippen LogP contribution is -2.42. The second-order valence-electron chi connectivity index (χ2n) is 10.1. The van der Waals surface area contributed by atoms with Crippen LogP contribution in [-0.2, 0) is 23.9 Å². The van der Waals surface area contributed by atoms with Crippen LogP contribution in [0.1, 0.15) is 49.8 Å². The summed E-state index contributed by atoms with van der Waals surface area (Å²) in [6.07, 6.45) is -1.42. The lowest BCUT2D eigenvalue weighted by molar-refractivity contribution is -0.137. The van der Waals surface area contributed by atoms with Crippen molar-refractivity contribution in [2.45, 2.75) is 64.3 Å². The highest BCUT2D eigenvalue weighted by Crippen LogP contribution is 2.54. The fraction of sp³-hybridized carbons (Fsp3) is 0.696. The Kier molecular flexibility index (Phi) is 5.85. The first-order chi connectivity index (χ1) is 14.5. The van der Waals surface area contributed by atoms with Gasteiger partial charge in [-0.25, -0.2) is 0 Å². The maximum absolute atomic E-state index is 13.5. The molecule has 1 saturated carbocycles. The van der Waals surface area contributed by atoms with E-state index in [9.17, 15) is 23.1 Å². The molecule has 5 atom stereocenters. The number of fused-ring (bicyclic) bond motifs is 2. The van der Waals surface area contributed by atoms with Crippen LogP contribution in [0, 0.1) is 16.7 Å². The van der Waals surface area contributed by atoms with E-state index >= 15 is 0 Å². The minimum Gasteiger partial charge on any atom is -0.396 e. The Balaban J connectivity index is 1.50. The van der Waals surface area contributed by atoms with Crippen LogP contribution in [-0.4, -0.2) is 47.0 Å². The van der Waals surface area contributed by atoms with Crippen LogP contribution in [0.2, 0.25) is 0 Å². The van der Waals surface area contributed by atoms with Crippen molar-refractivity contribution in [3.63, 3.8) is 0 Å². The van der Waals surface area contributed by atoms with E-state index in [1.807, 2.05) is 11.8 Å². The van der Waals surface area contributed by atoms with Crippen LogP contribution in [0.5, 0.6) is 0 Å². The highest BCUT2D eigenvalue weighted by atomic mass is 35.5. The van der Waals surface area contributed by atoms with Crippen LogP contribution >= 0.6 is 11.6 Å². The molecule has 1 aromatic rings. The Morgan fingerprint density at radius 1 is 1.32 bits per heavy atom. The van der Waals surface area contributed by atoms with Crippen molar-refractivity contribution in [1.29, 1.82) is 0 Å². The zero-order chi connectivity index (χ0) is 22.6. The molecule has 4 nitrogen and oxygen atoms in total. The first kappa shape index (κ1) is 22.9. The highest BCUT2D eigenvalue weighted by Gasteiger charge is 2.60. The maximum atomic E-state index is 13.5. The number of carbonyl (C=O) groups excluding carboxylic acids is 1. The number of alkyl halides is 4. The number of aliphatic hydroxyl groups excluding tert-OH is 1. The van der Waals surface area contributed by atoms with E-state index < -0.39 is 22.6 Å². The monoisotopic (exact) mass is 458 g/mol. The summed E-state index contributed by atoms with van der Waals surface area (Å²) in [4.78, 5) is 15.4. The van der Waals surface area contributed by atoms with Gasteiger partial charge >= 0.3 is 6.18 Å². The normalized spacial score (nSPS) is 32.3. The number of nitrogens with one attached hydrogen (secondary N) is 1. The second-order valence-corrected chi connectivity index (χ2v) is 10.3. The summed E-state index contributed by atoms with van der Waals surface area (Å²) in [6, 6.07) is 4.13. The molecule has 0 radical (unpaired) electrons. The number of hydrogen-bond acceptors (Lipinski definition) is 3. The summed E-state index contributed by atoms with van der Waals surface area (Å²) in [7, 11) is 0. The summed E-state index contributed by atoms with van der Waals surface area (Å²) < 4.78 is 39.4. The van der Waals surface area contributed by atoms with E-state index in [4.69, 9.17) is 11.6 Å². The summed E-state index contributed by atoms with van der Waals surface area (Å²) >= 11 is 6.00. The first-order valence-corrected chi connectivity index (χ1v) is 11.5. The summed E-state index contributed by atoms with van der Waals surface area (Å²) in [5.41, 5.74) is -0.00163. The number of carbonyl (C=O) groups is 1. The fourth-order valence-electron chi connectivity index (χ4n) is 5.70. The average molecular weight is 459 g/mol. The van der Waals surface area contributed by atoms with Crippen molar-refractivity contribution in [1.82, 2.24) is 10.2 Å². The molecule has 1 amide bonds. The number of amides is 1. The highest BCUT2D eigenvalue weighted by molar-refractivity contribution is 6.18. The van der Waals surface area contributed by atoms with Gasteiger partial charge in [-0.2, -0.15) is 13.2 Å². The molecule has 0 aromatic heterocycles. The Labute approximate surface area is 186 Å². The second kappa shape index (κ2) is 7.92. The van der Waals surface area contributed by atoms with Gasteiger partial charge in [0.25, 0.3) is 0 Å². The largest absolute Gasteiger partial charge is 0.416 e. The number of benzene rings is 1. The number of nitrogens with zero attached hydrogens (tertiary/aromatic N) is 1. The minimum absolute atomic E-state index is 0.00921. The molecule has 1 aliphatic carbocycles. The van der Waals surface area contributed by atoms with Crippen LogP contribution in [0.3, 0.4) is 0 Å². The zero-order valence-corrected chi connectivity index (χ0v) is 18.7. The Bertz CT molecular complexity index is 858. The van der Waals surface area contributed by atoms with Crippen LogP contribution in [0.4, 0.5) is 13.2 Å². The molecule has 8 heteroatoms. The van der Waals surface area contributed by atoms with Gasteiger partial charge in [-0.15, -0.1) is 11.6 Å². The van der Waals surface area contributed by atoms with Gasteiger partial charge in [0.2, 0.25) is 5.91 Å². The molecule has 172 valence electrons. The van der Waals surface area contributed by atoms with Crippen LogP contribution in [0.25, 0.3) is 0 Å². The zero-order valence-electron chi connectivity index (χ0n) is 17.9. The molecule has 4 rings (SSSR count). The molecule has 31 heavy (non-hydrogen) atoms. The lowest BCUT2D eigenvalue weighted by Gasteiger charge is -2.33. The van der Waals surface area contributed by atoms with E-state index in [1.54, 1.807) is 6.07 Å². The van der Waals surface area contributed by atoms with Crippen molar-refractivity contribution in [2.24, 2.45) is 16.7 Å². The van der Waals surface area contributed by atoms with Gasteiger partial charge in [-0.1, -0.05) is 19.9 Å². The predicted molar refractivity (Wildman–Crippen MR) is 113 cm³/mol. The van der Waals surface area contributed by atoms with Gasteiger partial charge in [-0.3, -0.25) is 4.79 Å². The van der Waals surface area contributed by atoms with E-state index in [1.165, 1.54) is 6.07 Å². The molecule has 0 bridgehead atoms. The quantitative estimate of drug-likeness (QED) is 0.656. The maximum Gasteiger partial charge on any atom is 0.416 e. The molecule has 2 fully saturated rings. The van der Waals surface area contributed by atoms with Crippen molar-refractivity contribution in [3.8, 4) is 0 Å². The SMILES string of the molecule is CC1C2Cc3ccc(C(F)(F)F)cc3CN2C(=O)[C@]12CC[C@@H](NCC(C)(CO)CCl)C2. The van der Waals surface area contributed by atoms with Gasteiger partial charge < -0.3 is 15.3 Å². The molecule has 2 N–H and O–H groups in total. The summed E-state index contributed by atoms with van der Waals surface area (Å²) in [5, 5.41) is 13.1. The molecule has 1 aromatic carbocycles. The Morgan fingerprint density at radius 3 is 2.71 bits per heavy atom. The topological polar surface area (TPSA) is 52.6 Å². The third-order valence-corrected chi connectivity index (χ3v) is 8.56. The third kappa shape index (κ3) is 3.87. The number of halogens is 4. The van der Waals surface area contributed by atoms with Gasteiger partial charge in [0.15, 0.2) is 0 Å². The number of hydrogen-bond donors (Lipinski definition) is 2. The van der Waals surface area contributed by atoms with Gasteiger partial charge in [0.1, 0.15) is 0 Å². The van der Waals surface area contributed by atoms with Gasteiger partial charge in [0.05, 0.1) is 17.6 Å². The number of rotatable bonds is 5. The van der Waals surface area contributed by atoms with Gasteiger partial charge in [-0.05, 0) is 54.9 Å². The van der Waals surface area contributed by atoms with Crippen LogP contribution < -0.4 is 5.32 Å². The van der Waals surface area contributed by atoms with E-state index in [0.717, 1.165) is 24.5 Å². The standard InChI is InChI=1S/C23H30ClF3N2O2/c1-14-19-8-15-3-4-17(23(25,26)27)7-16(15)10-29(19)20(31)22(14)6-5-18(9-22)28-12-21(2,11-24)13-30/h3-4,7,14,18-19,28,30H,5-6,8-13H2,1-2H3/t14?,18-,19?,21?,22+/m1/s1. The lowest BCUT2D eigenvalue weighted by atomic mass is 9.73. The smallest absolute Gasteiger partial charge is 0.396 e. The third-order valence-electron chi connectivity index (χ3n) is 7.91. The molecule has 2 aliphatic heterocycles. The van der Waals surface area contributed by atoms with Crippen molar-refractivity contribution in [2.75, 3.05) is 19.0 Å². The van der Waals surface area contributed by atoms with Crippen molar-refractivity contribution in [3.05, 3.63) is 34.9 Å². The van der Waals surface area contributed by atoms with Crippen molar-refractivity contribution >= 4 is 17.5 Å². The van der Waals surface area contributed by atoms with Crippen LogP contribution in [0.15, 0.2) is 18.2 Å². The number of aliphatic hydroxyl groups is 1. The predicted octanol–water partition coefficient (Wildman–Crippen LogP) is 3.97. The first-order valence-electron chi connectivity index (χ1n) is 10.9. The van der Waals surface area contributed by atoms with Crippen molar-refractivity contribution < 1.29 is 23.1 Å².